The maximum absolute atomic E-state index is 16.1. The number of esters is 4. The first-order valence-corrected chi connectivity index (χ1v) is 33.0. The van der Waals surface area contributed by atoms with E-state index in [0.717, 1.165) is 6.92 Å². The van der Waals surface area contributed by atoms with Crippen molar-refractivity contribution in [3.8, 4) is 0 Å². The van der Waals surface area contributed by atoms with Crippen molar-refractivity contribution in [1.29, 1.82) is 0 Å². The van der Waals surface area contributed by atoms with Gasteiger partial charge in [-0.3, -0.25) is 43.2 Å². The molecule has 2 bridgehead atoms. The Morgan fingerprint density at radius 3 is 1.94 bits per heavy atom. The zero-order valence-electron chi connectivity index (χ0n) is 57.5. The second-order valence-corrected chi connectivity index (χ2v) is 26.4. The molecule has 7 N–H and O–H groups in total. The largest absolute Gasteiger partial charge is 0.509 e. The van der Waals surface area contributed by atoms with Crippen molar-refractivity contribution in [3.63, 3.8) is 0 Å². The molecule has 14 atom stereocenters. The van der Waals surface area contributed by atoms with Gasteiger partial charge in [-0.05, 0) is 91.8 Å². The third-order valence-corrected chi connectivity index (χ3v) is 19.3. The Labute approximate surface area is 578 Å². The van der Waals surface area contributed by atoms with Gasteiger partial charge >= 0.3 is 30.0 Å². The van der Waals surface area contributed by atoms with Crippen LogP contribution in [0.25, 0.3) is 0 Å². The molecule has 0 radical (unpaired) electrons. The molecule has 2 unspecified atom stereocenters. The third kappa shape index (κ3) is 16.9. The van der Waals surface area contributed by atoms with Crippen LogP contribution < -0.4 is 27.0 Å². The van der Waals surface area contributed by atoms with Gasteiger partial charge in [0.15, 0.2) is 23.3 Å². The van der Waals surface area contributed by atoms with Gasteiger partial charge in [0, 0.05) is 61.3 Å². The van der Waals surface area contributed by atoms with E-state index in [-0.39, 0.29) is 72.0 Å². The van der Waals surface area contributed by atoms with Crippen molar-refractivity contribution < 1.29 is 105 Å². The Morgan fingerprint density at radius 2 is 1.35 bits per heavy atom. The zero-order chi connectivity index (χ0) is 73.0. The van der Waals surface area contributed by atoms with Crippen molar-refractivity contribution in [1.82, 2.24) is 16.0 Å². The highest BCUT2D eigenvalue weighted by atomic mass is 16.7. The molecule has 4 aromatic carbocycles. The van der Waals surface area contributed by atoms with Gasteiger partial charge in [-0.15, -0.1) is 0 Å². The zero-order valence-corrected chi connectivity index (χ0v) is 57.5. The number of ketones is 2. The van der Waals surface area contributed by atoms with E-state index in [0.29, 0.717) is 18.8 Å². The van der Waals surface area contributed by atoms with E-state index in [2.05, 4.69) is 21.3 Å². The molecule has 27 heteroatoms. The molecule has 4 aromatic rings. The Balaban J connectivity index is 1.08. The van der Waals surface area contributed by atoms with Gasteiger partial charge in [-0.25, -0.2) is 14.4 Å². The van der Waals surface area contributed by atoms with Crippen molar-refractivity contribution in [3.05, 3.63) is 149 Å². The van der Waals surface area contributed by atoms with Crippen molar-refractivity contribution in [2.45, 2.75) is 161 Å². The molecule has 1 heterocycles. The topological polar surface area (TPSA) is 382 Å². The lowest BCUT2D eigenvalue weighted by atomic mass is 9.43. The summed E-state index contributed by atoms with van der Waals surface area (Å²) in [4.78, 5) is 166. The van der Waals surface area contributed by atoms with Crippen LogP contribution in [0.1, 0.15) is 133 Å². The number of rotatable bonds is 29. The van der Waals surface area contributed by atoms with E-state index in [9.17, 15) is 53.1 Å². The van der Waals surface area contributed by atoms with Crippen LogP contribution in [0.5, 0.6) is 0 Å². The SMILES string of the molecule is CCOCCOCC(=O)C[C@H](C)C(=O)N[C@H](C)C(=O)N[C@H](CC(N)=O)C(=O)Nc1ccc(COC(=O)O[C@@H](C(=O)O[C@H]2C[C@@]3(O)C(OC(=O)c4ccccc4)[C@H]4[C@](C)(C(=O)[C@H](OC(C)=O)C(=C2C)C3(C)C)[C@@H](C)CC2OC[C@]24OC(C)=O)[C@@H](NC(=O)c2ccccc2)c2ccccc2)cc1. The number of carbonyl (C=O) groups excluding carboxylic acids is 12. The number of carbonyl (C=O) groups is 12. The van der Waals surface area contributed by atoms with E-state index in [4.69, 9.17) is 48.4 Å². The standard InChI is InChI=1S/C73H87N5O22/c1-11-92-31-32-93-38-51(81)33-40(2)63(84)75-43(5)64(85)77-52(35-55(74)82)66(87)76-50-29-27-46(28-30-50)37-94-69(90)98-59(57(47-21-15-12-16-22-47)78-65(86)48-23-17-13-18-24-48)68(89)97-53-36-73(91)62(99-67(88)49-25-19-14-20-26-49)60-71(10,41(3)34-54-72(60,39-95-54)100-45(7)80)61(83)58(96-44(6)79)56(42(53)4)70(73,8)9/h12-30,40-41,43,52-54,57-60,62,91H,11,31-39H2,1-10H3,(H2,74,82)(H,75,84)(H,76,87)(H,77,85)(H,78,86)/t40-,41-,43+,52+,53-,54?,57-,58+,59+,60-,62?,71+,72-,73+/m0/s1. The molecule has 27 nitrogen and oxygen atoms in total. The fourth-order valence-electron chi connectivity index (χ4n) is 13.8. The van der Waals surface area contributed by atoms with E-state index in [1.807, 2.05) is 6.92 Å². The highest BCUT2D eigenvalue weighted by Gasteiger charge is 2.78. The minimum absolute atomic E-state index is 0.0152. The molecular formula is C73H87N5O22. The van der Waals surface area contributed by atoms with Crippen LogP contribution in [-0.4, -0.2) is 163 Å². The predicted octanol–water partition coefficient (Wildman–Crippen LogP) is 5.82. The first-order valence-electron chi connectivity index (χ1n) is 33.0. The summed E-state index contributed by atoms with van der Waals surface area (Å²) in [5.41, 5.74) is -1.29. The van der Waals surface area contributed by atoms with Gasteiger partial charge in [0.2, 0.25) is 29.7 Å². The second-order valence-electron chi connectivity index (χ2n) is 26.4. The van der Waals surface area contributed by atoms with Crippen LogP contribution in [0.3, 0.4) is 0 Å². The van der Waals surface area contributed by atoms with E-state index in [1.54, 1.807) is 94.4 Å². The molecule has 5 amide bonds. The molecule has 3 fully saturated rings. The smallest absolute Gasteiger partial charge is 0.455 e. The van der Waals surface area contributed by atoms with E-state index >= 15 is 9.59 Å². The van der Waals surface area contributed by atoms with Crippen LogP contribution in [0, 0.1) is 28.6 Å². The molecule has 0 spiro atoms. The number of aliphatic hydroxyl groups is 1. The van der Waals surface area contributed by atoms with Gasteiger partial charge in [-0.1, -0.05) is 113 Å². The molecular weight excluding hydrogens is 1300 g/mol. The van der Waals surface area contributed by atoms with Crippen LogP contribution >= 0.6 is 0 Å². The lowest BCUT2D eigenvalue weighted by Gasteiger charge is -2.68. The molecule has 100 heavy (non-hydrogen) atoms. The number of primary amides is 1. The number of fused-ring (bicyclic) bond motifs is 5. The highest BCUT2D eigenvalue weighted by Crippen LogP contribution is 2.66. The van der Waals surface area contributed by atoms with Crippen LogP contribution in [0.4, 0.5) is 10.5 Å². The molecule has 536 valence electrons. The number of Topliss-reactive ketones (excluding diaryl/α,β-unsaturated/α-hetero) is 2. The van der Waals surface area contributed by atoms with Gasteiger partial charge < -0.3 is 74.7 Å². The molecule has 4 aliphatic rings. The first-order chi connectivity index (χ1) is 47.4. The Hall–Kier alpha value is -9.70. The number of anilines is 1. The van der Waals surface area contributed by atoms with E-state index < -0.39 is 173 Å². The summed E-state index contributed by atoms with van der Waals surface area (Å²) >= 11 is 0. The molecule has 1 saturated heterocycles. The Kier molecular flexibility index (Phi) is 24.7. The van der Waals surface area contributed by atoms with Gasteiger partial charge in [0.05, 0.1) is 37.7 Å². The summed E-state index contributed by atoms with van der Waals surface area (Å²) in [6.45, 7) is 14.8. The molecule has 0 aromatic heterocycles. The van der Waals surface area contributed by atoms with E-state index in [1.165, 1.54) is 76.2 Å². The maximum Gasteiger partial charge on any atom is 0.509 e. The lowest BCUT2D eigenvalue weighted by Crippen LogP contribution is -2.80. The average Bonchev–Trinajstić information content (AvgIpc) is 0.669. The molecule has 2 saturated carbocycles. The van der Waals surface area contributed by atoms with Gasteiger partial charge in [0.25, 0.3) is 5.91 Å². The maximum atomic E-state index is 16.1. The van der Waals surface area contributed by atoms with Gasteiger partial charge in [0.1, 0.15) is 55.3 Å². The summed E-state index contributed by atoms with van der Waals surface area (Å²) in [7, 11) is 0. The fraction of sp³-hybridized carbons (Fsp3) is 0.479. The number of nitrogens with two attached hydrogens (primary N) is 1. The number of hydrogen-bond donors (Lipinski definition) is 6. The van der Waals surface area contributed by atoms with Crippen molar-refractivity contribution in [2.75, 3.05) is 38.4 Å². The first kappa shape index (κ1) is 76.1. The molecule has 1 aliphatic heterocycles. The van der Waals surface area contributed by atoms with Crippen molar-refractivity contribution in [2.24, 2.45) is 34.3 Å². The third-order valence-electron chi connectivity index (χ3n) is 19.3. The molecule has 8 rings (SSSR count). The number of amides is 5. The summed E-state index contributed by atoms with van der Waals surface area (Å²) in [5.74, 6) is -12.0. The second kappa shape index (κ2) is 32.5. The van der Waals surface area contributed by atoms with Crippen LogP contribution in [0.15, 0.2) is 126 Å². The van der Waals surface area contributed by atoms with Crippen LogP contribution in [0.2, 0.25) is 0 Å². The Morgan fingerprint density at radius 1 is 0.730 bits per heavy atom. The lowest BCUT2D eigenvalue weighted by molar-refractivity contribution is -0.340. The summed E-state index contributed by atoms with van der Waals surface area (Å²) in [6, 6.07) is 25.0. The minimum atomic E-state index is -2.47. The fourth-order valence-corrected chi connectivity index (χ4v) is 13.8. The van der Waals surface area contributed by atoms with Crippen LogP contribution in [-0.2, 0) is 92.4 Å². The van der Waals surface area contributed by atoms with Crippen molar-refractivity contribution >= 4 is 76.8 Å². The normalized spacial score (nSPS) is 24.8. The van der Waals surface area contributed by atoms with Gasteiger partial charge in [-0.2, -0.15) is 0 Å². The summed E-state index contributed by atoms with van der Waals surface area (Å²) in [6.07, 6.45) is -11.1. The predicted molar refractivity (Wildman–Crippen MR) is 354 cm³/mol. The number of benzene rings is 4. The minimum Gasteiger partial charge on any atom is -0.455 e. The Bertz CT molecular complexity index is 3740. The average molecular weight is 1390 g/mol. The summed E-state index contributed by atoms with van der Waals surface area (Å²) in [5, 5.41) is 24.5. The molecule has 3 aliphatic carbocycles. The number of hydrogen-bond acceptors (Lipinski definition) is 22. The number of nitrogens with one attached hydrogen (secondary N) is 4. The summed E-state index contributed by atoms with van der Waals surface area (Å²) < 4.78 is 53.5. The monoisotopic (exact) mass is 1390 g/mol. The number of ether oxygens (including phenoxy) is 9. The quantitative estimate of drug-likeness (QED) is 0.0161. The highest BCUT2D eigenvalue weighted by molar-refractivity contribution is 6.01.